The summed E-state index contributed by atoms with van der Waals surface area (Å²) < 4.78 is 96.7. The Morgan fingerprint density at radius 3 is 2.47 bits per heavy atom. The molecule has 3 aromatic carbocycles. The molecule has 0 saturated heterocycles. The summed E-state index contributed by atoms with van der Waals surface area (Å²) in [5, 5.41) is 10.4. The van der Waals surface area contributed by atoms with Crippen molar-refractivity contribution < 1.29 is 45.2 Å². The molecule has 4 rings (SSSR count). The number of nitrogens with one attached hydrogen (secondary N) is 1. The lowest BCUT2D eigenvalue weighted by Gasteiger charge is -2.30. The van der Waals surface area contributed by atoms with Gasteiger partial charge in [0.05, 0.1) is 24.0 Å². The van der Waals surface area contributed by atoms with Crippen LogP contribution in [0.1, 0.15) is 33.5 Å². The number of rotatable bonds is 6. The smallest absolute Gasteiger partial charge is 0.399 e. The first-order valence-electron chi connectivity index (χ1n) is 10.9. The lowest BCUT2D eigenvalue weighted by Crippen LogP contribution is -2.43. The summed E-state index contributed by atoms with van der Waals surface area (Å²) >= 11 is 0. The van der Waals surface area contributed by atoms with Gasteiger partial charge in [-0.15, -0.1) is 0 Å². The van der Waals surface area contributed by atoms with E-state index >= 15 is 0 Å². The van der Waals surface area contributed by atoms with Crippen LogP contribution in [0.5, 0.6) is 0 Å². The standard InChI is InChI=1S/C25H18F7N3O3/c1-37-34-9-8-33-22(36)20-7-6-19(17-4-2-3-5-18(17)20)21-13-23(38-35-21,25(30,31)32)14-10-15(24(27,28)29)12-16(26)11-14/h2-7,9-12H,8,13H2,1H3,(H,33,36). The van der Waals surface area contributed by atoms with Crippen molar-refractivity contribution in [2.45, 2.75) is 24.4 Å². The van der Waals surface area contributed by atoms with E-state index in [1.54, 1.807) is 24.3 Å². The molecule has 0 aliphatic carbocycles. The molecular weight excluding hydrogens is 523 g/mol. The average Bonchev–Trinajstić information content (AvgIpc) is 3.32. The maximum Gasteiger partial charge on any atom is 0.435 e. The number of hydrogen-bond acceptors (Lipinski definition) is 5. The molecule has 13 heteroatoms. The summed E-state index contributed by atoms with van der Waals surface area (Å²) in [6, 6.07) is 9.72. The summed E-state index contributed by atoms with van der Waals surface area (Å²) in [6.07, 6.45) is -10.1. The first kappa shape index (κ1) is 26.9. The predicted molar refractivity (Wildman–Crippen MR) is 123 cm³/mol. The van der Waals surface area contributed by atoms with Crippen molar-refractivity contribution in [1.29, 1.82) is 0 Å². The first-order valence-corrected chi connectivity index (χ1v) is 10.9. The van der Waals surface area contributed by atoms with Gasteiger partial charge in [0.2, 0.25) is 0 Å². The third-order valence-corrected chi connectivity index (χ3v) is 5.89. The van der Waals surface area contributed by atoms with E-state index in [9.17, 15) is 35.5 Å². The number of carbonyl (C=O) groups is 1. The molecule has 200 valence electrons. The van der Waals surface area contributed by atoms with E-state index in [4.69, 9.17) is 4.84 Å². The van der Waals surface area contributed by atoms with Gasteiger partial charge in [0, 0.05) is 23.1 Å². The van der Waals surface area contributed by atoms with Gasteiger partial charge >= 0.3 is 12.4 Å². The maximum atomic E-state index is 14.3. The monoisotopic (exact) mass is 541 g/mol. The Morgan fingerprint density at radius 1 is 1.11 bits per heavy atom. The molecule has 1 N–H and O–H groups in total. The highest BCUT2D eigenvalue weighted by atomic mass is 19.4. The molecule has 1 atom stereocenters. The Morgan fingerprint density at radius 2 is 1.82 bits per heavy atom. The van der Waals surface area contributed by atoms with Crippen molar-refractivity contribution >= 4 is 28.6 Å². The van der Waals surface area contributed by atoms with Gasteiger partial charge in [-0.05, 0) is 35.0 Å². The van der Waals surface area contributed by atoms with Gasteiger partial charge in [0.15, 0.2) is 0 Å². The molecule has 1 unspecified atom stereocenters. The first-order chi connectivity index (χ1) is 17.9. The van der Waals surface area contributed by atoms with E-state index in [0.29, 0.717) is 16.8 Å². The molecule has 1 aliphatic heterocycles. The average molecular weight is 541 g/mol. The van der Waals surface area contributed by atoms with Gasteiger partial charge in [0.25, 0.3) is 11.5 Å². The number of hydrogen-bond donors (Lipinski definition) is 1. The topological polar surface area (TPSA) is 72.3 Å². The second kappa shape index (κ2) is 9.95. The van der Waals surface area contributed by atoms with E-state index in [-0.39, 0.29) is 35.5 Å². The number of fused-ring (bicyclic) bond motifs is 1. The van der Waals surface area contributed by atoms with Gasteiger partial charge < -0.3 is 15.0 Å². The summed E-state index contributed by atoms with van der Waals surface area (Å²) in [5.74, 6) is -2.00. The second-order valence-electron chi connectivity index (χ2n) is 8.24. The molecule has 3 aromatic rings. The van der Waals surface area contributed by atoms with Crippen LogP contribution >= 0.6 is 0 Å². The number of amides is 1. The van der Waals surface area contributed by atoms with Crippen molar-refractivity contribution in [2.24, 2.45) is 10.3 Å². The summed E-state index contributed by atoms with van der Waals surface area (Å²) in [7, 11) is 1.33. The minimum Gasteiger partial charge on any atom is -0.399 e. The number of halogens is 7. The molecule has 0 bridgehead atoms. The van der Waals surface area contributed by atoms with Crippen LogP contribution in [-0.4, -0.2) is 37.7 Å². The maximum absolute atomic E-state index is 14.3. The minimum absolute atomic E-state index is 0.0466. The SMILES string of the molecule is CON=CCNC(=O)c1ccc(C2=NOC(c3cc(F)cc(C(F)(F)F)c3)(C(F)(F)F)C2)c2ccccc12. The lowest BCUT2D eigenvalue weighted by atomic mass is 9.84. The third-order valence-electron chi connectivity index (χ3n) is 5.89. The Labute approximate surface area is 210 Å². The van der Waals surface area contributed by atoms with Crippen molar-refractivity contribution in [3.8, 4) is 0 Å². The number of oxime groups is 2. The molecule has 0 spiro atoms. The van der Waals surface area contributed by atoms with E-state index < -0.39 is 47.2 Å². The zero-order valence-corrected chi connectivity index (χ0v) is 19.5. The van der Waals surface area contributed by atoms with Crippen LogP contribution in [0, 0.1) is 5.82 Å². The third kappa shape index (κ3) is 5.00. The van der Waals surface area contributed by atoms with Crippen LogP contribution in [0.25, 0.3) is 10.8 Å². The molecule has 0 aromatic heterocycles. The largest absolute Gasteiger partial charge is 0.435 e. The molecule has 6 nitrogen and oxygen atoms in total. The quantitative estimate of drug-likeness (QED) is 0.239. The lowest BCUT2D eigenvalue weighted by molar-refractivity contribution is -0.276. The number of alkyl halides is 6. The zero-order chi connectivity index (χ0) is 27.7. The molecule has 0 radical (unpaired) electrons. The number of carbonyl (C=O) groups excluding carboxylic acids is 1. The summed E-state index contributed by atoms with van der Waals surface area (Å²) in [5.41, 5.74) is -5.90. The Hall–Kier alpha value is -4.16. The fourth-order valence-corrected chi connectivity index (χ4v) is 4.13. The van der Waals surface area contributed by atoms with Crippen molar-refractivity contribution in [3.05, 3.63) is 82.7 Å². The van der Waals surface area contributed by atoms with Gasteiger partial charge in [-0.2, -0.15) is 26.3 Å². The van der Waals surface area contributed by atoms with Crippen LogP contribution in [0.15, 0.2) is 64.9 Å². The second-order valence-corrected chi connectivity index (χ2v) is 8.24. The van der Waals surface area contributed by atoms with Gasteiger partial charge in [-0.25, -0.2) is 4.39 Å². The van der Waals surface area contributed by atoms with Crippen molar-refractivity contribution in [3.63, 3.8) is 0 Å². The van der Waals surface area contributed by atoms with Gasteiger partial charge in [-0.1, -0.05) is 40.6 Å². The van der Waals surface area contributed by atoms with E-state index in [0.717, 1.165) is 0 Å². The molecule has 38 heavy (non-hydrogen) atoms. The Balaban J connectivity index is 1.75. The fourth-order valence-electron chi connectivity index (χ4n) is 4.13. The fraction of sp³-hybridized carbons (Fsp3) is 0.240. The van der Waals surface area contributed by atoms with Gasteiger partial charge in [0.1, 0.15) is 12.9 Å². The van der Waals surface area contributed by atoms with Crippen LogP contribution in [0.4, 0.5) is 30.7 Å². The van der Waals surface area contributed by atoms with E-state index in [1.807, 2.05) is 0 Å². The molecule has 1 aliphatic rings. The van der Waals surface area contributed by atoms with Crippen LogP contribution in [0.2, 0.25) is 0 Å². The Kier molecular flexibility index (Phi) is 7.04. The highest BCUT2D eigenvalue weighted by molar-refractivity contribution is 6.16. The van der Waals surface area contributed by atoms with E-state index in [2.05, 4.69) is 20.5 Å². The van der Waals surface area contributed by atoms with Crippen molar-refractivity contribution in [2.75, 3.05) is 13.7 Å². The zero-order valence-electron chi connectivity index (χ0n) is 19.5. The minimum atomic E-state index is -5.26. The summed E-state index contributed by atoms with van der Waals surface area (Å²) in [4.78, 5) is 22.0. The molecular formula is C25H18F7N3O3. The highest BCUT2D eigenvalue weighted by Crippen LogP contribution is 2.50. The Bertz CT molecular complexity index is 1430. The van der Waals surface area contributed by atoms with E-state index in [1.165, 1.54) is 25.5 Å². The van der Waals surface area contributed by atoms with Crippen molar-refractivity contribution in [1.82, 2.24) is 5.32 Å². The summed E-state index contributed by atoms with van der Waals surface area (Å²) in [6.45, 7) is 0.0466. The molecule has 1 amide bonds. The molecule has 0 fully saturated rings. The predicted octanol–water partition coefficient (Wildman–Crippen LogP) is 5.94. The van der Waals surface area contributed by atoms with Crippen LogP contribution in [0.3, 0.4) is 0 Å². The number of nitrogens with zero attached hydrogens (tertiary/aromatic N) is 2. The van der Waals surface area contributed by atoms with Gasteiger partial charge in [-0.3, -0.25) is 4.79 Å². The molecule has 0 saturated carbocycles. The normalized spacial score (nSPS) is 17.9. The van der Waals surface area contributed by atoms with Crippen LogP contribution < -0.4 is 5.32 Å². The number of benzene rings is 3. The molecule has 1 heterocycles. The highest BCUT2D eigenvalue weighted by Gasteiger charge is 2.62. The van der Waals surface area contributed by atoms with Crippen LogP contribution in [-0.2, 0) is 21.5 Å².